The summed E-state index contributed by atoms with van der Waals surface area (Å²) < 4.78 is 0. The summed E-state index contributed by atoms with van der Waals surface area (Å²) in [6.07, 6.45) is 2.92. The van der Waals surface area contributed by atoms with E-state index >= 15 is 0 Å². The van der Waals surface area contributed by atoms with Crippen LogP contribution in [0.3, 0.4) is 0 Å². The Balaban J connectivity index is 2.00. The zero-order valence-corrected chi connectivity index (χ0v) is 10.8. The highest BCUT2D eigenvalue weighted by Gasteiger charge is 2.21. The van der Waals surface area contributed by atoms with E-state index in [-0.39, 0.29) is 6.10 Å². The van der Waals surface area contributed by atoms with E-state index in [4.69, 9.17) is 0 Å². The van der Waals surface area contributed by atoms with E-state index in [0.717, 1.165) is 12.2 Å². The largest absolute Gasteiger partial charge is 0.393 e. The molecule has 2 unspecified atom stereocenters. The average molecular weight is 240 g/mol. The summed E-state index contributed by atoms with van der Waals surface area (Å²) in [5.41, 5.74) is 1.04. The van der Waals surface area contributed by atoms with Gasteiger partial charge in [-0.1, -0.05) is 0 Å². The van der Waals surface area contributed by atoms with Crippen LogP contribution in [-0.4, -0.2) is 41.2 Å². The molecule has 1 aromatic rings. The maximum Gasteiger partial charge on any atom is 0.0972 e. The van der Waals surface area contributed by atoms with Gasteiger partial charge in [-0.25, -0.2) is 4.98 Å². The van der Waals surface area contributed by atoms with Crippen molar-refractivity contribution < 1.29 is 5.11 Å². The van der Waals surface area contributed by atoms with Crippen molar-refractivity contribution in [2.45, 2.75) is 38.2 Å². The van der Waals surface area contributed by atoms with Crippen molar-refractivity contribution in [3.8, 4) is 0 Å². The predicted octanol–water partition coefficient (Wildman–Crippen LogP) is 1.88. The fourth-order valence-electron chi connectivity index (χ4n) is 2.27. The second-order valence-electron chi connectivity index (χ2n) is 4.83. The Morgan fingerprint density at radius 2 is 2.50 bits per heavy atom. The minimum atomic E-state index is -0.288. The van der Waals surface area contributed by atoms with Gasteiger partial charge in [-0.05, 0) is 33.4 Å². The number of hydrogen-bond donors (Lipinski definition) is 1. The number of nitrogens with zero attached hydrogens (tertiary/aromatic N) is 2. The van der Waals surface area contributed by atoms with Crippen LogP contribution in [0.5, 0.6) is 0 Å². The molecule has 4 heteroatoms. The summed E-state index contributed by atoms with van der Waals surface area (Å²) in [4.78, 5) is 7.02. The van der Waals surface area contributed by atoms with Crippen molar-refractivity contribution in [3.05, 3.63) is 16.1 Å². The van der Waals surface area contributed by atoms with E-state index in [9.17, 15) is 5.11 Å². The maximum absolute atomic E-state index is 9.32. The lowest BCUT2D eigenvalue weighted by Gasteiger charge is -2.28. The molecule has 2 heterocycles. The minimum Gasteiger partial charge on any atom is -0.393 e. The molecule has 1 N–H and O–H groups in total. The van der Waals surface area contributed by atoms with E-state index in [1.165, 1.54) is 24.4 Å². The molecule has 16 heavy (non-hydrogen) atoms. The van der Waals surface area contributed by atoms with E-state index in [1.54, 1.807) is 11.3 Å². The van der Waals surface area contributed by atoms with E-state index in [2.05, 4.69) is 22.3 Å². The molecule has 0 saturated carbocycles. The summed E-state index contributed by atoms with van der Waals surface area (Å²) in [7, 11) is 2.18. The molecule has 1 aromatic heterocycles. The van der Waals surface area contributed by atoms with Crippen LogP contribution in [0.25, 0.3) is 0 Å². The highest BCUT2D eigenvalue weighted by atomic mass is 32.1. The fourth-order valence-corrected chi connectivity index (χ4v) is 3.24. The maximum atomic E-state index is 9.32. The van der Waals surface area contributed by atoms with E-state index in [0.29, 0.717) is 12.3 Å². The number of thiazole rings is 1. The number of likely N-dealkylation sites (N-methyl/N-ethyl adjacent to an activating group) is 1. The predicted molar refractivity (Wildman–Crippen MR) is 67.0 cm³/mol. The van der Waals surface area contributed by atoms with Gasteiger partial charge >= 0.3 is 0 Å². The zero-order valence-electron chi connectivity index (χ0n) is 10.0. The van der Waals surface area contributed by atoms with Crippen LogP contribution in [0.2, 0.25) is 0 Å². The molecule has 3 nitrogen and oxygen atoms in total. The Morgan fingerprint density at radius 1 is 1.69 bits per heavy atom. The Kier molecular flexibility index (Phi) is 3.95. The first-order valence-corrected chi connectivity index (χ1v) is 6.84. The SMILES string of the molecule is CC(O)Cc1csc(C2CCCN(C)C2)n1. The molecule has 2 rings (SSSR count). The second-order valence-corrected chi connectivity index (χ2v) is 5.72. The Morgan fingerprint density at radius 3 is 3.19 bits per heavy atom. The molecule has 1 aliphatic rings. The van der Waals surface area contributed by atoms with Crippen molar-refractivity contribution in [1.82, 2.24) is 9.88 Å². The number of piperidine rings is 1. The summed E-state index contributed by atoms with van der Waals surface area (Å²) in [5.74, 6) is 0.603. The number of rotatable bonds is 3. The van der Waals surface area contributed by atoms with Gasteiger partial charge in [0.2, 0.25) is 0 Å². The lowest BCUT2D eigenvalue weighted by molar-refractivity contribution is 0.194. The molecule has 0 bridgehead atoms. The molecular formula is C12H20N2OS. The monoisotopic (exact) mass is 240 g/mol. The van der Waals surface area contributed by atoms with Gasteiger partial charge in [-0.2, -0.15) is 0 Å². The van der Waals surface area contributed by atoms with Crippen LogP contribution in [0, 0.1) is 0 Å². The van der Waals surface area contributed by atoms with Crippen LogP contribution in [0.1, 0.15) is 36.4 Å². The van der Waals surface area contributed by atoms with Gasteiger partial charge in [0.25, 0.3) is 0 Å². The van der Waals surface area contributed by atoms with Crippen LogP contribution >= 0.6 is 11.3 Å². The summed E-state index contributed by atoms with van der Waals surface area (Å²) in [6, 6.07) is 0. The first-order chi connectivity index (χ1) is 7.65. The van der Waals surface area contributed by atoms with Crippen LogP contribution in [0.15, 0.2) is 5.38 Å². The Labute approximate surface area is 101 Å². The molecule has 0 aliphatic carbocycles. The third-order valence-electron chi connectivity index (χ3n) is 3.05. The van der Waals surface area contributed by atoms with E-state index < -0.39 is 0 Å². The van der Waals surface area contributed by atoms with Crippen molar-refractivity contribution in [1.29, 1.82) is 0 Å². The molecule has 1 aliphatic heterocycles. The molecule has 1 fully saturated rings. The number of likely N-dealkylation sites (tertiary alicyclic amines) is 1. The van der Waals surface area contributed by atoms with Crippen molar-refractivity contribution in [3.63, 3.8) is 0 Å². The second kappa shape index (κ2) is 5.25. The average Bonchev–Trinajstić information content (AvgIpc) is 2.65. The topological polar surface area (TPSA) is 36.4 Å². The van der Waals surface area contributed by atoms with Crippen molar-refractivity contribution in [2.24, 2.45) is 0 Å². The molecule has 90 valence electrons. The highest BCUT2D eigenvalue weighted by Crippen LogP contribution is 2.28. The van der Waals surface area contributed by atoms with Gasteiger partial charge in [0.15, 0.2) is 0 Å². The van der Waals surface area contributed by atoms with Gasteiger partial charge in [0.05, 0.1) is 16.8 Å². The summed E-state index contributed by atoms with van der Waals surface area (Å²) in [5, 5.41) is 12.7. The van der Waals surface area contributed by atoms with Crippen molar-refractivity contribution >= 4 is 11.3 Å². The highest BCUT2D eigenvalue weighted by molar-refractivity contribution is 7.09. The lowest BCUT2D eigenvalue weighted by Crippen LogP contribution is -2.30. The summed E-state index contributed by atoms with van der Waals surface area (Å²) in [6.45, 7) is 4.15. The van der Waals surface area contributed by atoms with Crippen LogP contribution in [0.4, 0.5) is 0 Å². The van der Waals surface area contributed by atoms with E-state index in [1.807, 2.05) is 6.92 Å². The molecule has 2 atom stereocenters. The molecular weight excluding hydrogens is 220 g/mol. The fraction of sp³-hybridized carbons (Fsp3) is 0.750. The number of aliphatic hydroxyl groups is 1. The molecule has 0 amide bonds. The van der Waals surface area contributed by atoms with Crippen LogP contribution < -0.4 is 0 Å². The van der Waals surface area contributed by atoms with Gasteiger partial charge in [0, 0.05) is 24.3 Å². The van der Waals surface area contributed by atoms with Gasteiger partial charge in [-0.15, -0.1) is 11.3 Å². The number of aliphatic hydroxyl groups excluding tert-OH is 1. The first-order valence-electron chi connectivity index (χ1n) is 5.96. The zero-order chi connectivity index (χ0) is 11.5. The van der Waals surface area contributed by atoms with Gasteiger partial charge < -0.3 is 10.0 Å². The molecule has 1 saturated heterocycles. The Hall–Kier alpha value is -0.450. The normalized spacial score (nSPS) is 24.6. The minimum absolute atomic E-state index is 0.288. The van der Waals surface area contributed by atoms with Crippen LogP contribution in [-0.2, 0) is 6.42 Å². The smallest absolute Gasteiger partial charge is 0.0972 e. The third kappa shape index (κ3) is 3.03. The van der Waals surface area contributed by atoms with Gasteiger partial charge in [0.1, 0.15) is 0 Å². The third-order valence-corrected chi connectivity index (χ3v) is 4.10. The quantitative estimate of drug-likeness (QED) is 0.876. The van der Waals surface area contributed by atoms with Crippen molar-refractivity contribution in [2.75, 3.05) is 20.1 Å². The standard InChI is InChI=1S/C12H20N2OS/c1-9(15)6-11-8-16-12(13-11)10-4-3-5-14(2)7-10/h8-10,15H,3-7H2,1-2H3. The van der Waals surface area contributed by atoms with Gasteiger partial charge in [-0.3, -0.25) is 0 Å². The number of hydrogen-bond acceptors (Lipinski definition) is 4. The molecule has 0 radical (unpaired) electrons. The first kappa shape index (κ1) is 12.0. The molecule has 0 aromatic carbocycles. The Bertz CT molecular complexity index is 338. The summed E-state index contributed by atoms with van der Waals surface area (Å²) >= 11 is 1.75. The number of aromatic nitrogens is 1. The lowest BCUT2D eigenvalue weighted by atomic mass is 9.99. The molecule has 0 spiro atoms.